The molecule has 8 heteroatoms. The van der Waals surface area contributed by atoms with Crippen molar-refractivity contribution >= 4 is 42.1 Å². The van der Waals surface area contributed by atoms with Gasteiger partial charge in [0.15, 0.2) is 0 Å². The summed E-state index contributed by atoms with van der Waals surface area (Å²) in [4.78, 5) is 39.5. The van der Waals surface area contributed by atoms with Gasteiger partial charge in [-0.25, -0.2) is 4.79 Å². The molecular formula is C31H39N3O4Si. The normalized spacial score (nSPS) is 14.0. The number of benzene rings is 3. The quantitative estimate of drug-likeness (QED) is 0.282. The van der Waals surface area contributed by atoms with Gasteiger partial charge in [0.2, 0.25) is 0 Å². The van der Waals surface area contributed by atoms with Crippen LogP contribution in [-0.4, -0.2) is 51.9 Å². The lowest BCUT2D eigenvalue weighted by Crippen LogP contribution is -2.65. The first-order valence-electron chi connectivity index (χ1n) is 13.5. The van der Waals surface area contributed by atoms with Gasteiger partial charge in [0.1, 0.15) is 0 Å². The van der Waals surface area contributed by atoms with Crippen LogP contribution in [0.5, 0.6) is 0 Å². The van der Waals surface area contributed by atoms with Crippen LogP contribution in [0.1, 0.15) is 33.1 Å². The summed E-state index contributed by atoms with van der Waals surface area (Å²) in [5.74, 6) is 0.164. The van der Waals surface area contributed by atoms with Crippen LogP contribution >= 0.6 is 0 Å². The predicted molar refractivity (Wildman–Crippen MR) is 159 cm³/mol. The van der Waals surface area contributed by atoms with Crippen molar-refractivity contribution in [1.82, 2.24) is 0 Å². The third-order valence-electron chi connectivity index (χ3n) is 8.06. The lowest BCUT2D eigenvalue weighted by Gasteiger charge is -2.45. The van der Waals surface area contributed by atoms with Gasteiger partial charge in [-0.3, -0.25) is 9.69 Å². The Kier molecular flexibility index (Phi) is 8.77. The number of anilines is 2. The van der Waals surface area contributed by atoms with Crippen LogP contribution in [0.15, 0.2) is 84.9 Å². The van der Waals surface area contributed by atoms with Crippen molar-refractivity contribution in [1.29, 1.82) is 0 Å². The highest BCUT2D eigenvalue weighted by molar-refractivity contribution is 6.98. The molecule has 0 unspecified atom stereocenters. The molecule has 39 heavy (non-hydrogen) atoms. The van der Waals surface area contributed by atoms with Crippen LogP contribution in [-0.2, 0) is 9.53 Å². The highest BCUT2D eigenvalue weighted by atomic mass is 28.4. The fourth-order valence-corrected chi connectivity index (χ4v) is 9.28. The zero-order valence-corrected chi connectivity index (χ0v) is 24.0. The van der Waals surface area contributed by atoms with E-state index in [0.29, 0.717) is 11.6 Å². The lowest BCUT2D eigenvalue weighted by molar-refractivity contribution is -0.140. The molecule has 7 nitrogen and oxygen atoms in total. The average Bonchev–Trinajstić information content (AvgIpc) is 2.93. The third-order valence-corrected chi connectivity index (χ3v) is 12.6. The molecule has 3 N–H and O–H groups in total. The van der Waals surface area contributed by atoms with Crippen molar-refractivity contribution in [3.63, 3.8) is 0 Å². The first-order chi connectivity index (χ1) is 18.7. The van der Waals surface area contributed by atoms with Gasteiger partial charge in [0.25, 0.3) is 8.32 Å². The van der Waals surface area contributed by atoms with E-state index in [1.165, 1.54) is 12.0 Å². The summed E-state index contributed by atoms with van der Waals surface area (Å²) in [5.41, 5.74) is 7.27. The zero-order chi connectivity index (χ0) is 28.0. The first kappa shape index (κ1) is 28.4. The monoisotopic (exact) mass is 545 g/mol. The topological polar surface area (TPSA) is 96.1 Å². The maximum atomic E-state index is 12.4. The summed E-state index contributed by atoms with van der Waals surface area (Å²) in [5, 5.41) is 1.85. The number of primary amides is 1. The van der Waals surface area contributed by atoms with E-state index in [1.807, 2.05) is 60.7 Å². The van der Waals surface area contributed by atoms with E-state index in [-0.39, 0.29) is 24.0 Å². The summed E-state index contributed by atoms with van der Waals surface area (Å²) < 4.78 is 4.67. The Morgan fingerprint density at radius 3 is 2.00 bits per heavy atom. The van der Waals surface area contributed by atoms with Crippen molar-refractivity contribution in [2.45, 2.75) is 38.1 Å². The SMILES string of the molecule is COC(=O)CCN(C(N)=O)c1ccc(N2CC(CCC(C)(C)[Si](O)(c3ccccc3)c3ccccc3)C2)cc1. The van der Waals surface area contributed by atoms with Gasteiger partial charge in [0, 0.05) is 31.0 Å². The molecule has 1 saturated heterocycles. The number of ether oxygens (including phenoxy) is 1. The largest absolute Gasteiger partial charge is 0.469 e. The van der Waals surface area contributed by atoms with Gasteiger partial charge in [-0.15, -0.1) is 0 Å². The number of urea groups is 1. The second-order valence-electron chi connectivity index (χ2n) is 11.0. The maximum Gasteiger partial charge on any atom is 0.319 e. The Balaban J connectivity index is 1.37. The number of esters is 1. The summed E-state index contributed by atoms with van der Waals surface area (Å²) in [7, 11) is -1.67. The number of rotatable bonds is 11. The molecule has 0 atom stereocenters. The minimum Gasteiger partial charge on any atom is -0.469 e. The fourth-order valence-electron chi connectivity index (χ4n) is 5.53. The summed E-state index contributed by atoms with van der Waals surface area (Å²) in [6, 6.07) is 27.5. The number of nitrogens with two attached hydrogens (primary N) is 1. The third kappa shape index (κ3) is 6.18. The molecular weight excluding hydrogens is 506 g/mol. The van der Waals surface area contributed by atoms with E-state index in [1.54, 1.807) is 0 Å². The van der Waals surface area contributed by atoms with Gasteiger partial charge in [-0.2, -0.15) is 0 Å². The molecule has 0 saturated carbocycles. The Labute approximate surface area is 232 Å². The smallest absolute Gasteiger partial charge is 0.319 e. The molecule has 1 aliphatic rings. The van der Waals surface area contributed by atoms with Crippen molar-refractivity contribution in [3.05, 3.63) is 84.9 Å². The number of methoxy groups -OCH3 is 1. The molecule has 3 aromatic rings. The van der Waals surface area contributed by atoms with Gasteiger partial charge in [0.05, 0.1) is 13.5 Å². The Hall–Kier alpha value is -3.62. The highest BCUT2D eigenvalue weighted by Gasteiger charge is 2.50. The molecule has 1 heterocycles. The van der Waals surface area contributed by atoms with E-state index in [2.05, 4.69) is 47.7 Å². The Bertz CT molecular complexity index is 1210. The molecule has 0 aliphatic carbocycles. The number of amides is 2. The van der Waals surface area contributed by atoms with Crippen molar-refractivity contribution in [2.24, 2.45) is 11.7 Å². The molecule has 3 aromatic carbocycles. The number of carbonyl (C=O) groups excluding carboxylic acids is 2. The summed E-state index contributed by atoms with van der Waals surface area (Å²) in [6.45, 7) is 6.52. The first-order valence-corrected chi connectivity index (χ1v) is 15.4. The van der Waals surface area contributed by atoms with Crippen molar-refractivity contribution < 1.29 is 19.1 Å². The highest BCUT2D eigenvalue weighted by Crippen LogP contribution is 2.42. The number of nitrogens with zero attached hydrogens (tertiary/aromatic N) is 2. The van der Waals surface area contributed by atoms with Crippen molar-refractivity contribution in [2.75, 3.05) is 36.5 Å². The van der Waals surface area contributed by atoms with Crippen LogP contribution < -0.4 is 25.9 Å². The van der Waals surface area contributed by atoms with E-state index >= 15 is 0 Å². The maximum absolute atomic E-state index is 12.4. The molecule has 2 amide bonds. The fraction of sp³-hybridized carbons (Fsp3) is 0.355. The molecule has 4 rings (SSSR count). The second kappa shape index (κ2) is 12.0. The van der Waals surface area contributed by atoms with Crippen LogP contribution in [0.25, 0.3) is 0 Å². The standard InChI is InChI=1S/C31H39N3O4Si/c1-31(2,39(37,27-10-6-4-7-11-27)28-12-8-5-9-13-28)20-18-24-22-33(23-24)25-14-16-26(17-15-25)34(30(32)36)21-19-29(35)38-3/h4-17,24,37H,18-23H2,1-3H3,(H2,32,36). The summed E-state index contributed by atoms with van der Waals surface area (Å²) in [6.07, 6.45) is 2.06. The molecule has 1 aliphatic heterocycles. The average molecular weight is 546 g/mol. The van der Waals surface area contributed by atoms with Gasteiger partial charge >= 0.3 is 12.0 Å². The van der Waals surface area contributed by atoms with Crippen LogP contribution in [0.4, 0.5) is 16.2 Å². The molecule has 0 bridgehead atoms. The lowest BCUT2D eigenvalue weighted by atomic mass is 9.90. The number of hydrogen-bond donors (Lipinski definition) is 2. The second-order valence-corrected chi connectivity index (χ2v) is 14.9. The van der Waals surface area contributed by atoms with Gasteiger partial charge in [-0.05, 0) is 58.4 Å². The minimum atomic E-state index is -2.99. The van der Waals surface area contributed by atoms with Crippen LogP contribution in [0, 0.1) is 5.92 Å². The minimum absolute atomic E-state index is 0.0812. The number of carbonyl (C=O) groups is 2. The molecule has 206 valence electrons. The molecule has 0 spiro atoms. The molecule has 1 fully saturated rings. The van der Waals surface area contributed by atoms with E-state index in [9.17, 15) is 14.4 Å². The van der Waals surface area contributed by atoms with Crippen LogP contribution in [0.2, 0.25) is 5.04 Å². The van der Waals surface area contributed by atoms with E-state index in [4.69, 9.17) is 5.73 Å². The van der Waals surface area contributed by atoms with Crippen LogP contribution in [0.3, 0.4) is 0 Å². The molecule has 0 aromatic heterocycles. The zero-order valence-electron chi connectivity index (χ0n) is 23.0. The van der Waals surface area contributed by atoms with E-state index in [0.717, 1.165) is 42.0 Å². The molecule has 0 radical (unpaired) electrons. The van der Waals surface area contributed by atoms with Gasteiger partial charge < -0.3 is 20.2 Å². The number of hydrogen-bond acceptors (Lipinski definition) is 5. The van der Waals surface area contributed by atoms with E-state index < -0.39 is 14.3 Å². The van der Waals surface area contributed by atoms with Crippen molar-refractivity contribution in [3.8, 4) is 0 Å². The predicted octanol–water partition coefficient (Wildman–Crippen LogP) is 3.88. The van der Waals surface area contributed by atoms with Gasteiger partial charge in [-0.1, -0.05) is 74.5 Å². The Morgan fingerprint density at radius 2 is 1.51 bits per heavy atom. The summed E-state index contributed by atoms with van der Waals surface area (Å²) >= 11 is 0. The Morgan fingerprint density at radius 1 is 0.974 bits per heavy atom.